The van der Waals surface area contributed by atoms with Crippen molar-refractivity contribution in [3.63, 3.8) is 0 Å². The number of hydrogen-bond donors (Lipinski definition) is 1. The molecule has 0 aromatic carbocycles. The highest BCUT2D eigenvalue weighted by Crippen LogP contribution is 2.20. The van der Waals surface area contributed by atoms with Crippen LogP contribution in [-0.4, -0.2) is 53.8 Å². The predicted octanol–water partition coefficient (Wildman–Crippen LogP) is -0.0143. The molecule has 0 bridgehead atoms. The number of hydrogen-bond acceptors (Lipinski definition) is 4. The van der Waals surface area contributed by atoms with Crippen LogP contribution >= 0.6 is 0 Å². The molecule has 1 aromatic rings. The average Bonchev–Trinajstić information content (AvgIpc) is 2.94. The van der Waals surface area contributed by atoms with Crippen molar-refractivity contribution in [1.29, 1.82) is 0 Å². The fraction of sp³-hybridized carbons (Fsp3) is 0.714. The lowest BCUT2D eigenvalue weighted by Crippen LogP contribution is -2.46. The molecule has 0 spiro atoms. The summed E-state index contributed by atoms with van der Waals surface area (Å²) in [5.41, 5.74) is 1.16. The Hall–Kier alpha value is -1.41. The Labute approximate surface area is 130 Å². The van der Waals surface area contributed by atoms with Crippen LogP contribution in [0.25, 0.3) is 0 Å². The van der Waals surface area contributed by atoms with Gasteiger partial charge in [-0.05, 0) is 25.3 Å². The fourth-order valence-corrected chi connectivity index (χ4v) is 4.13. The fourth-order valence-electron chi connectivity index (χ4n) is 3.26. The molecule has 22 heavy (non-hydrogen) atoms. The molecule has 122 valence electrons. The van der Waals surface area contributed by atoms with E-state index in [0.29, 0.717) is 25.9 Å². The van der Waals surface area contributed by atoms with Crippen LogP contribution in [0.4, 0.5) is 0 Å². The summed E-state index contributed by atoms with van der Waals surface area (Å²) < 4.78 is 26.4. The SMILES string of the molecule is CS(=O)(=O)N1CCC(C(=O)NC2CCn3nccc3C2)CC1. The van der Waals surface area contributed by atoms with Crippen LogP contribution in [0.2, 0.25) is 0 Å². The van der Waals surface area contributed by atoms with Crippen molar-refractivity contribution in [3.05, 3.63) is 18.0 Å². The van der Waals surface area contributed by atoms with Crippen LogP contribution in [-0.2, 0) is 27.8 Å². The zero-order chi connectivity index (χ0) is 15.7. The van der Waals surface area contributed by atoms with E-state index in [9.17, 15) is 13.2 Å². The van der Waals surface area contributed by atoms with Crippen molar-refractivity contribution in [2.75, 3.05) is 19.3 Å². The molecule has 2 aliphatic rings. The first kappa shape index (κ1) is 15.5. The molecule has 0 aliphatic carbocycles. The summed E-state index contributed by atoms with van der Waals surface area (Å²) in [6.45, 7) is 1.71. The van der Waals surface area contributed by atoms with Gasteiger partial charge in [-0.15, -0.1) is 0 Å². The average molecular weight is 326 g/mol. The van der Waals surface area contributed by atoms with E-state index >= 15 is 0 Å². The van der Waals surface area contributed by atoms with Gasteiger partial charge in [0.25, 0.3) is 0 Å². The number of fused-ring (bicyclic) bond motifs is 1. The molecule has 0 radical (unpaired) electrons. The molecule has 1 saturated heterocycles. The van der Waals surface area contributed by atoms with E-state index in [2.05, 4.69) is 10.4 Å². The third-order valence-corrected chi connectivity index (χ3v) is 5.89. The van der Waals surface area contributed by atoms with Crippen LogP contribution in [0.5, 0.6) is 0 Å². The molecule has 1 amide bonds. The van der Waals surface area contributed by atoms with E-state index in [1.807, 2.05) is 10.7 Å². The number of aryl methyl sites for hydroxylation is 1. The first-order chi connectivity index (χ1) is 10.4. The standard InChI is InChI=1S/C14H22N4O3S/c1-22(20,21)17-7-3-11(4-8-17)14(19)16-12-5-9-18-13(10-12)2-6-15-18/h2,6,11-12H,3-5,7-10H2,1H3,(H,16,19). The smallest absolute Gasteiger partial charge is 0.223 e. The molecule has 2 aliphatic heterocycles. The monoisotopic (exact) mass is 326 g/mol. The van der Waals surface area contributed by atoms with Crippen LogP contribution < -0.4 is 5.32 Å². The van der Waals surface area contributed by atoms with Crippen LogP contribution in [0.15, 0.2) is 12.3 Å². The van der Waals surface area contributed by atoms with Crippen molar-refractivity contribution in [1.82, 2.24) is 19.4 Å². The summed E-state index contributed by atoms with van der Waals surface area (Å²) in [6, 6.07) is 2.15. The zero-order valence-electron chi connectivity index (χ0n) is 12.7. The van der Waals surface area contributed by atoms with Crippen molar-refractivity contribution in [2.45, 2.75) is 38.3 Å². The Bertz CT molecular complexity index is 647. The van der Waals surface area contributed by atoms with Crippen LogP contribution in [0.1, 0.15) is 25.0 Å². The normalized spacial score (nSPS) is 24.0. The minimum atomic E-state index is -3.14. The molecule has 1 atom stereocenters. The lowest BCUT2D eigenvalue weighted by atomic mass is 9.95. The molecule has 7 nitrogen and oxygen atoms in total. The Morgan fingerprint density at radius 1 is 1.27 bits per heavy atom. The van der Waals surface area contributed by atoms with E-state index in [1.54, 1.807) is 6.20 Å². The number of rotatable bonds is 3. The summed E-state index contributed by atoms with van der Waals surface area (Å²) in [6.07, 6.45) is 5.92. The molecule has 1 N–H and O–H groups in total. The second kappa shape index (κ2) is 6.00. The number of nitrogens with one attached hydrogen (secondary N) is 1. The molecule has 1 fully saturated rings. The number of aromatic nitrogens is 2. The highest BCUT2D eigenvalue weighted by Gasteiger charge is 2.30. The molecule has 3 heterocycles. The van der Waals surface area contributed by atoms with E-state index in [4.69, 9.17) is 0 Å². The minimum Gasteiger partial charge on any atom is -0.353 e. The zero-order valence-corrected chi connectivity index (χ0v) is 13.6. The molecular weight excluding hydrogens is 304 g/mol. The summed E-state index contributed by atoms with van der Waals surface area (Å²) in [4.78, 5) is 12.4. The largest absolute Gasteiger partial charge is 0.353 e. The van der Waals surface area contributed by atoms with Crippen LogP contribution in [0.3, 0.4) is 0 Å². The van der Waals surface area contributed by atoms with Gasteiger partial charge in [0.2, 0.25) is 15.9 Å². The van der Waals surface area contributed by atoms with Gasteiger partial charge in [-0.3, -0.25) is 9.48 Å². The predicted molar refractivity (Wildman–Crippen MR) is 81.6 cm³/mol. The molecular formula is C14H22N4O3S. The number of carbonyl (C=O) groups is 1. The Morgan fingerprint density at radius 3 is 2.68 bits per heavy atom. The number of carbonyl (C=O) groups excluding carboxylic acids is 1. The third kappa shape index (κ3) is 3.33. The summed E-state index contributed by atoms with van der Waals surface area (Å²) >= 11 is 0. The topological polar surface area (TPSA) is 84.3 Å². The van der Waals surface area contributed by atoms with Gasteiger partial charge in [0.1, 0.15) is 0 Å². The van der Waals surface area contributed by atoms with Gasteiger partial charge in [0.05, 0.1) is 6.26 Å². The summed E-state index contributed by atoms with van der Waals surface area (Å²) in [5, 5.41) is 7.36. The van der Waals surface area contributed by atoms with Gasteiger partial charge in [-0.2, -0.15) is 5.10 Å². The van der Waals surface area contributed by atoms with Gasteiger partial charge in [0, 0.05) is 49.9 Å². The number of sulfonamides is 1. The maximum Gasteiger partial charge on any atom is 0.223 e. The second-order valence-electron chi connectivity index (χ2n) is 6.18. The van der Waals surface area contributed by atoms with Gasteiger partial charge < -0.3 is 5.32 Å². The maximum absolute atomic E-state index is 12.4. The van der Waals surface area contributed by atoms with E-state index < -0.39 is 10.0 Å². The lowest BCUT2D eigenvalue weighted by molar-refractivity contribution is -0.127. The maximum atomic E-state index is 12.4. The summed E-state index contributed by atoms with van der Waals surface area (Å²) in [7, 11) is -3.14. The quantitative estimate of drug-likeness (QED) is 0.846. The lowest BCUT2D eigenvalue weighted by Gasteiger charge is -2.31. The molecule has 8 heteroatoms. The number of amides is 1. The Morgan fingerprint density at radius 2 is 2.00 bits per heavy atom. The van der Waals surface area contributed by atoms with Gasteiger partial charge >= 0.3 is 0 Å². The third-order valence-electron chi connectivity index (χ3n) is 4.59. The Kier molecular flexibility index (Phi) is 4.22. The number of piperidine rings is 1. The highest BCUT2D eigenvalue weighted by atomic mass is 32.2. The molecule has 1 aromatic heterocycles. The van der Waals surface area contributed by atoms with E-state index in [0.717, 1.165) is 25.1 Å². The molecule has 3 rings (SSSR count). The van der Waals surface area contributed by atoms with Gasteiger partial charge in [0.15, 0.2) is 0 Å². The highest BCUT2D eigenvalue weighted by molar-refractivity contribution is 7.88. The van der Waals surface area contributed by atoms with Gasteiger partial charge in [-0.25, -0.2) is 12.7 Å². The Balaban J connectivity index is 1.51. The van der Waals surface area contributed by atoms with Crippen molar-refractivity contribution in [3.8, 4) is 0 Å². The van der Waals surface area contributed by atoms with E-state index in [-0.39, 0.29) is 17.9 Å². The first-order valence-corrected chi connectivity index (χ1v) is 9.54. The molecule has 1 unspecified atom stereocenters. The van der Waals surface area contributed by atoms with Crippen molar-refractivity contribution < 1.29 is 13.2 Å². The molecule has 0 saturated carbocycles. The first-order valence-electron chi connectivity index (χ1n) is 7.69. The van der Waals surface area contributed by atoms with Crippen molar-refractivity contribution >= 4 is 15.9 Å². The minimum absolute atomic E-state index is 0.0612. The van der Waals surface area contributed by atoms with Gasteiger partial charge in [-0.1, -0.05) is 0 Å². The number of nitrogens with zero attached hydrogens (tertiary/aromatic N) is 3. The summed E-state index contributed by atoms with van der Waals surface area (Å²) in [5.74, 6) is -0.0176. The second-order valence-corrected chi connectivity index (χ2v) is 8.16. The van der Waals surface area contributed by atoms with E-state index in [1.165, 1.54) is 10.6 Å². The van der Waals surface area contributed by atoms with Crippen molar-refractivity contribution in [2.24, 2.45) is 5.92 Å². The van der Waals surface area contributed by atoms with Crippen LogP contribution in [0, 0.1) is 5.92 Å².